The summed E-state index contributed by atoms with van der Waals surface area (Å²) in [5.74, 6) is 0.343. The standard InChI is InChI=1S/C19H17F3N2O2S/c1-10-17(15-7-12(15)9-25)24-16(26)8-14(23-18(24)27-10)6-11-3-2-4-13(5-11)19(20,21)22/h2-5,8,12,15,25H,6-7,9H2,1H3. The third-order valence-corrected chi connectivity index (χ3v) is 5.91. The zero-order chi connectivity index (χ0) is 19.3. The van der Waals surface area contributed by atoms with E-state index in [-0.39, 0.29) is 30.4 Å². The van der Waals surface area contributed by atoms with Crippen LogP contribution in [0.3, 0.4) is 0 Å². The van der Waals surface area contributed by atoms with Crippen LogP contribution in [0.5, 0.6) is 0 Å². The summed E-state index contributed by atoms with van der Waals surface area (Å²) in [6.07, 6.45) is -3.40. The van der Waals surface area contributed by atoms with E-state index in [9.17, 15) is 23.1 Å². The first-order valence-corrected chi connectivity index (χ1v) is 9.38. The molecule has 4 rings (SSSR count). The van der Waals surface area contributed by atoms with Crippen LogP contribution in [0.25, 0.3) is 4.96 Å². The molecule has 2 unspecified atom stereocenters. The number of aliphatic hydroxyl groups is 1. The Morgan fingerprint density at radius 3 is 2.78 bits per heavy atom. The highest BCUT2D eigenvalue weighted by Gasteiger charge is 2.41. The molecule has 0 aliphatic heterocycles. The lowest BCUT2D eigenvalue weighted by Crippen LogP contribution is -2.17. The van der Waals surface area contributed by atoms with Crippen LogP contribution >= 0.6 is 11.3 Å². The highest BCUT2D eigenvalue weighted by Crippen LogP contribution is 2.49. The van der Waals surface area contributed by atoms with Crippen molar-refractivity contribution >= 4 is 16.3 Å². The quantitative estimate of drug-likeness (QED) is 0.733. The molecule has 1 aliphatic carbocycles. The number of rotatable bonds is 4. The van der Waals surface area contributed by atoms with Crippen molar-refractivity contribution in [3.05, 3.63) is 68.1 Å². The van der Waals surface area contributed by atoms with Crippen LogP contribution in [0.4, 0.5) is 13.2 Å². The number of benzene rings is 1. The van der Waals surface area contributed by atoms with Gasteiger partial charge in [-0.15, -0.1) is 11.3 Å². The lowest BCUT2D eigenvalue weighted by molar-refractivity contribution is -0.137. The van der Waals surface area contributed by atoms with Crippen molar-refractivity contribution in [3.8, 4) is 0 Å². The molecule has 1 aromatic carbocycles. The average molecular weight is 394 g/mol. The number of aliphatic hydroxyl groups excluding tert-OH is 1. The van der Waals surface area contributed by atoms with Gasteiger partial charge in [-0.2, -0.15) is 13.2 Å². The van der Waals surface area contributed by atoms with Crippen molar-refractivity contribution in [1.29, 1.82) is 0 Å². The van der Waals surface area contributed by atoms with Crippen LogP contribution in [0, 0.1) is 12.8 Å². The van der Waals surface area contributed by atoms with E-state index in [2.05, 4.69) is 4.98 Å². The first kappa shape index (κ1) is 18.2. The summed E-state index contributed by atoms with van der Waals surface area (Å²) in [5.41, 5.74) is 0.858. The third-order valence-electron chi connectivity index (χ3n) is 4.93. The largest absolute Gasteiger partial charge is 0.416 e. The minimum Gasteiger partial charge on any atom is -0.396 e. The minimum absolute atomic E-state index is 0.0945. The maximum Gasteiger partial charge on any atom is 0.416 e. The van der Waals surface area contributed by atoms with Crippen molar-refractivity contribution in [3.63, 3.8) is 0 Å². The molecule has 1 fully saturated rings. The number of alkyl halides is 3. The highest BCUT2D eigenvalue weighted by atomic mass is 32.1. The molecule has 0 radical (unpaired) electrons. The molecule has 0 spiro atoms. The van der Waals surface area contributed by atoms with Crippen LogP contribution in [-0.4, -0.2) is 21.1 Å². The number of thiazole rings is 1. The number of halogens is 3. The molecule has 0 bridgehead atoms. The zero-order valence-electron chi connectivity index (χ0n) is 14.5. The molecule has 0 saturated heterocycles. The van der Waals surface area contributed by atoms with Crippen molar-refractivity contribution < 1.29 is 18.3 Å². The van der Waals surface area contributed by atoms with Gasteiger partial charge in [-0.1, -0.05) is 18.2 Å². The summed E-state index contributed by atoms with van der Waals surface area (Å²) in [4.78, 5) is 18.7. The maximum absolute atomic E-state index is 12.9. The predicted octanol–water partition coefficient (Wildman–Crippen LogP) is 3.77. The van der Waals surface area contributed by atoms with E-state index in [0.29, 0.717) is 16.2 Å². The summed E-state index contributed by atoms with van der Waals surface area (Å²) in [7, 11) is 0. The van der Waals surface area contributed by atoms with Crippen molar-refractivity contribution in [2.75, 3.05) is 6.61 Å². The van der Waals surface area contributed by atoms with Crippen molar-refractivity contribution in [1.82, 2.24) is 9.38 Å². The van der Waals surface area contributed by atoms with Crippen LogP contribution in [-0.2, 0) is 12.6 Å². The maximum atomic E-state index is 12.9. The molecule has 8 heteroatoms. The van der Waals surface area contributed by atoms with Crippen molar-refractivity contribution in [2.45, 2.75) is 31.9 Å². The molecule has 1 saturated carbocycles. The van der Waals surface area contributed by atoms with E-state index in [0.717, 1.165) is 29.1 Å². The Hall–Kier alpha value is -2.19. The molecular formula is C19H17F3N2O2S. The normalized spacial score (nSPS) is 19.6. The molecule has 27 heavy (non-hydrogen) atoms. The van der Waals surface area contributed by atoms with Gasteiger partial charge in [0.05, 0.1) is 11.3 Å². The Balaban J connectivity index is 1.70. The van der Waals surface area contributed by atoms with Gasteiger partial charge in [0.15, 0.2) is 4.96 Å². The van der Waals surface area contributed by atoms with Gasteiger partial charge in [-0.25, -0.2) is 4.98 Å². The SMILES string of the molecule is Cc1sc2nc(Cc3cccc(C(F)(F)F)c3)cc(=O)n2c1C1CC1CO. The Morgan fingerprint density at radius 2 is 2.11 bits per heavy atom. The van der Waals surface area contributed by atoms with Gasteiger partial charge < -0.3 is 5.11 Å². The van der Waals surface area contributed by atoms with E-state index >= 15 is 0 Å². The van der Waals surface area contributed by atoms with Crippen LogP contribution < -0.4 is 5.56 Å². The Labute approximate surface area is 156 Å². The van der Waals surface area contributed by atoms with Gasteiger partial charge >= 0.3 is 6.18 Å². The fourth-order valence-corrected chi connectivity index (χ4v) is 4.58. The van der Waals surface area contributed by atoms with Crippen LogP contribution in [0.2, 0.25) is 0 Å². The number of hydrogen-bond donors (Lipinski definition) is 1. The molecule has 2 heterocycles. The second kappa shape index (κ2) is 6.45. The van der Waals surface area contributed by atoms with E-state index in [1.807, 2.05) is 6.92 Å². The van der Waals surface area contributed by atoms with Crippen molar-refractivity contribution in [2.24, 2.45) is 5.92 Å². The van der Waals surface area contributed by atoms with Gasteiger partial charge in [0.2, 0.25) is 0 Å². The molecule has 3 aromatic rings. The van der Waals surface area contributed by atoms with Gasteiger partial charge in [0, 0.05) is 35.6 Å². The molecule has 1 aliphatic rings. The summed E-state index contributed by atoms with van der Waals surface area (Å²) >= 11 is 1.40. The smallest absolute Gasteiger partial charge is 0.396 e. The average Bonchev–Trinajstić information content (AvgIpc) is 3.29. The van der Waals surface area contributed by atoms with E-state index in [1.165, 1.54) is 23.5 Å². The number of nitrogens with zero attached hydrogens (tertiary/aromatic N) is 2. The molecule has 2 aromatic heterocycles. The Morgan fingerprint density at radius 1 is 1.33 bits per heavy atom. The number of aromatic nitrogens is 2. The first-order chi connectivity index (χ1) is 12.8. The van der Waals surface area contributed by atoms with E-state index in [1.54, 1.807) is 10.5 Å². The zero-order valence-corrected chi connectivity index (χ0v) is 15.3. The van der Waals surface area contributed by atoms with Gasteiger partial charge in [-0.3, -0.25) is 9.20 Å². The number of hydrogen-bond acceptors (Lipinski definition) is 4. The molecule has 4 nitrogen and oxygen atoms in total. The molecule has 0 amide bonds. The van der Waals surface area contributed by atoms with E-state index in [4.69, 9.17) is 0 Å². The second-order valence-corrected chi connectivity index (χ2v) is 8.09. The summed E-state index contributed by atoms with van der Waals surface area (Å²) in [5, 5.41) is 9.32. The summed E-state index contributed by atoms with van der Waals surface area (Å²) in [6.45, 7) is 2.02. The third kappa shape index (κ3) is 3.39. The second-order valence-electron chi connectivity index (χ2n) is 6.91. The summed E-state index contributed by atoms with van der Waals surface area (Å²) in [6, 6.07) is 6.46. The first-order valence-electron chi connectivity index (χ1n) is 8.57. The Bertz CT molecular complexity index is 1070. The Kier molecular flexibility index (Phi) is 4.35. The summed E-state index contributed by atoms with van der Waals surface area (Å²) < 4.78 is 40.2. The molecular weight excluding hydrogens is 377 g/mol. The minimum atomic E-state index is -4.40. The van der Waals surface area contributed by atoms with Gasteiger partial charge in [0.25, 0.3) is 5.56 Å². The molecule has 1 N–H and O–H groups in total. The fourth-order valence-electron chi connectivity index (χ4n) is 3.51. The van der Waals surface area contributed by atoms with Gasteiger partial charge in [-0.05, 0) is 30.9 Å². The van der Waals surface area contributed by atoms with Gasteiger partial charge in [0.1, 0.15) is 0 Å². The molecule has 2 atom stereocenters. The lowest BCUT2D eigenvalue weighted by Gasteiger charge is -2.09. The number of aryl methyl sites for hydroxylation is 1. The van der Waals surface area contributed by atoms with Crippen LogP contribution in [0.1, 0.15) is 39.7 Å². The van der Waals surface area contributed by atoms with Crippen LogP contribution in [0.15, 0.2) is 35.1 Å². The fraction of sp³-hybridized carbons (Fsp3) is 0.368. The molecule has 142 valence electrons. The predicted molar refractivity (Wildman–Crippen MR) is 96.3 cm³/mol. The topological polar surface area (TPSA) is 54.6 Å². The lowest BCUT2D eigenvalue weighted by atomic mass is 10.1. The van der Waals surface area contributed by atoms with E-state index < -0.39 is 11.7 Å². The highest BCUT2D eigenvalue weighted by molar-refractivity contribution is 7.17. The monoisotopic (exact) mass is 394 g/mol. The number of fused-ring (bicyclic) bond motifs is 1.